The van der Waals surface area contributed by atoms with E-state index in [1.807, 2.05) is 50.2 Å². The number of rotatable bonds is 2. The lowest BCUT2D eigenvalue weighted by Crippen LogP contribution is -2.22. The molecule has 172 valence electrons. The number of hydrogen-bond donors (Lipinski definition) is 2. The molecule has 1 aliphatic rings. The Morgan fingerprint density at radius 3 is 2.50 bits per heavy atom. The normalized spacial score (nSPS) is 16.7. The van der Waals surface area contributed by atoms with E-state index in [-0.39, 0.29) is 16.7 Å². The van der Waals surface area contributed by atoms with Crippen LogP contribution in [-0.4, -0.2) is 29.9 Å². The van der Waals surface area contributed by atoms with Gasteiger partial charge in [0.25, 0.3) is 10.0 Å². The Labute approximate surface area is 198 Å². The van der Waals surface area contributed by atoms with Crippen molar-refractivity contribution in [3.05, 3.63) is 89.7 Å². The molecular weight excluding hydrogens is 450 g/mol. The van der Waals surface area contributed by atoms with Crippen molar-refractivity contribution >= 4 is 21.7 Å². The monoisotopic (exact) mass is 473 g/mol. The number of nitrogens with one attached hydrogen (secondary N) is 2. The number of aromatic nitrogens is 3. The van der Waals surface area contributed by atoms with Crippen LogP contribution in [0.15, 0.2) is 77.8 Å². The average molecular weight is 474 g/mol. The van der Waals surface area contributed by atoms with Gasteiger partial charge in [-0.3, -0.25) is 4.98 Å². The highest BCUT2D eigenvalue weighted by molar-refractivity contribution is 7.92. The molecule has 0 spiro atoms. The molecular formula is C25H23N5O3S. The number of sulfonamides is 1. The number of pyridine rings is 1. The van der Waals surface area contributed by atoms with E-state index in [1.165, 1.54) is 6.07 Å². The van der Waals surface area contributed by atoms with Crippen LogP contribution in [0.3, 0.4) is 0 Å². The van der Waals surface area contributed by atoms with Crippen LogP contribution in [0.25, 0.3) is 11.3 Å². The summed E-state index contributed by atoms with van der Waals surface area (Å²) in [4.78, 5) is 13.5. The topological polar surface area (TPSA) is 106 Å². The molecule has 3 heterocycles. The van der Waals surface area contributed by atoms with Crippen LogP contribution >= 0.6 is 0 Å². The van der Waals surface area contributed by atoms with Crippen molar-refractivity contribution in [3.8, 4) is 17.1 Å². The lowest BCUT2D eigenvalue weighted by Gasteiger charge is -2.21. The number of anilines is 2. The van der Waals surface area contributed by atoms with Crippen LogP contribution < -0.4 is 14.8 Å². The highest BCUT2D eigenvalue weighted by atomic mass is 32.2. The molecule has 0 amide bonds. The zero-order valence-electron chi connectivity index (χ0n) is 18.7. The van der Waals surface area contributed by atoms with Crippen LogP contribution in [0.2, 0.25) is 0 Å². The minimum atomic E-state index is -3.91. The minimum absolute atomic E-state index is 0.0612. The van der Waals surface area contributed by atoms with Crippen LogP contribution in [0.5, 0.6) is 5.88 Å². The SMILES string of the molecule is Cc1cccc(C)c1-c1cc2nc(n1)NS(=O)(=O)c1cccc(c1)NC[C@@H](c1ccccn1)O2. The van der Waals surface area contributed by atoms with Gasteiger partial charge in [-0.1, -0.05) is 30.3 Å². The van der Waals surface area contributed by atoms with E-state index >= 15 is 0 Å². The molecule has 2 N–H and O–H groups in total. The number of hydrogen-bond acceptors (Lipinski definition) is 7. The summed E-state index contributed by atoms with van der Waals surface area (Å²) in [6, 6.07) is 19.9. The maximum Gasteiger partial charge on any atom is 0.264 e. The Balaban J connectivity index is 1.68. The molecule has 0 saturated heterocycles. The number of aryl methyl sites for hydroxylation is 2. The Hall–Kier alpha value is -3.98. The van der Waals surface area contributed by atoms with Crippen LogP contribution in [0, 0.1) is 13.8 Å². The minimum Gasteiger partial charge on any atom is -0.466 e. The molecule has 0 unspecified atom stereocenters. The molecule has 9 heteroatoms. The third kappa shape index (κ3) is 4.42. The summed E-state index contributed by atoms with van der Waals surface area (Å²) < 4.78 is 35.0. The summed E-state index contributed by atoms with van der Waals surface area (Å²) in [5.41, 5.74) is 4.85. The molecule has 4 aromatic rings. The molecule has 0 aliphatic carbocycles. The quantitative estimate of drug-likeness (QED) is 0.441. The van der Waals surface area contributed by atoms with Crippen LogP contribution in [0.4, 0.5) is 11.6 Å². The third-order valence-corrected chi connectivity index (χ3v) is 6.91. The summed E-state index contributed by atoms with van der Waals surface area (Å²) in [6.07, 6.45) is 1.23. The van der Waals surface area contributed by atoms with E-state index in [0.717, 1.165) is 22.4 Å². The summed E-state index contributed by atoms with van der Waals surface area (Å²) in [5, 5.41) is 3.26. The summed E-state index contributed by atoms with van der Waals surface area (Å²) in [5.74, 6) is 0.181. The maximum atomic E-state index is 13.1. The zero-order valence-corrected chi connectivity index (χ0v) is 19.5. The summed E-state index contributed by atoms with van der Waals surface area (Å²) in [7, 11) is -3.91. The molecule has 0 radical (unpaired) electrons. The van der Waals surface area contributed by atoms with Crippen molar-refractivity contribution < 1.29 is 13.2 Å². The van der Waals surface area contributed by atoms with Crippen LogP contribution in [-0.2, 0) is 10.0 Å². The number of benzene rings is 2. The average Bonchev–Trinajstić information content (AvgIpc) is 2.81. The molecule has 8 nitrogen and oxygen atoms in total. The fourth-order valence-electron chi connectivity index (χ4n) is 3.96. The van der Waals surface area contributed by atoms with Crippen molar-refractivity contribution in [2.24, 2.45) is 0 Å². The molecule has 2 aromatic carbocycles. The van der Waals surface area contributed by atoms with Gasteiger partial charge in [0.15, 0.2) is 6.10 Å². The molecule has 34 heavy (non-hydrogen) atoms. The van der Waals surface area contributed by atoms with Gasteiger partial charge in [-0.2, -0.15) is 4.98 Å². The number of nitrogens with zero attached hydrogens (tertiary/aromatic N) is 3. The van der Waals surface area contributed by atoms with Gasteiger partial charge in [0.1, 0.15) is 0 Å². The third-order valence-electron chi connectivity index (χ3n) is 5.58. The van der Waals surface area contributed by atoms with Gasteiger partial charge in [-0.05, 0) is 55.3 Å². The molecule has 1 atom stereocenters. The Morgan fingerprint density at radius 1 is 0.941 bits per heavy atom. The number of ether oxygens (including phenoxy) is 1. The van der Waals surface area contributed by atoms with E-state index in [0.29, 0.717) is 17.9 Å². The van der Waals surface area contributed by atoms with Crippen molar-refractivity contribution in [1.29, 1.82) is 0 Å². The lowest BCUT2D eigenvalue weighted by molar-refractivity contribution is 0.205. The van der Waals surface area contributed by atoms with E-state index in [1.54, 1.807) is 30.5 Å². The van der Waals surface area contributed by atoms with Gasteiger partial charge in [-0.25, -0.2) is 18.1 Å². The second-order valence-corrected chi connectivity index (χ2v) is 9.74. The van der Waals surface area contributed by atoms with E-state index in [4.69, 9.17) is 4.74 Å². The Kier molecular flexibility index (Phi) is 5.62. The first-order valence-corrected chi connectivity index (χ1v) is 12.3. The van der Waals surface area contributed by atoms with Crippen molar-refractivity contribution in [3.63, 3.8) is 0 Å². The fourth-order valence-corrected chi connectivity index (χ4v) is 4.95. The van der Waals surface area contributed by atoms with Gasteiger partial charge >= 0.3 is 0 Å². The Morgan fingerprint density at radius 2 is 1.74 bits per heavy atom. The highest BCUT2D eigenvalue weighted by Gasteiger charge is 2.23. The standard InChI is InChI=1S/C25H23N5O3S/c1-16-7-5-8-17(2)24(16)21-14-23-29-25(28-21)30-34(31,32)19-10-6-9-18(13-19)27-15-22(33-23)20-11-3-4-12-26-20/h3-14,22,27H,15H2,1-2H3,(H,28,29,30)/t22-/m0/s1. The summed E-state index contributed by atoms with van der Waals surface area (Å²) in [6.45, 7) is 4.32. The largest absolute Gasteiger partial charge is 0.466 e. The van der Waals surface area contributed by atoms with Crippen molar-refractivity contribution in [2.45, 2.75) is 24.8 Å². The maximum absolute atomic E-state index is 13.1. The lowest BCUT2D eigenvalue weighted by atomic mass is 10.00. The second kappa shape index (κ2) is 8.75. The first-order valence-electron chi connectivity index (χ1n) is 10.8. The van der Waals surface area contributed by atoms with Gasteiger partial charge in [0.05, 0.1) is 22.8 Å². The molecule has 5 rings (SSSR count). The molecule has 4 bridgehead atoms. The smallest absolute Gasteiger partial charge is 0.264 e. The molecule has 1 aliphatic heterocycles. The number of fused-ring (bicyclic) bond motifs is 4. The predicted octanol–water partition coefficient (Wildman–Crippen LogP) is 4.50. The van der Waals surface area contributed by atoms with Gasteiger partial charge in [-0.15, -0.1) is 0 Å². The molecule has 2 aromatic heterocycles. The van der Waals surface area contributed by atoms with E-state index in [2.05, 4.69) is 25.0 Å². The Bertz CT molecular complexity index is 1440. The summed E-state index contributed by atoms with van der Waals surface area (Å²) >= 11 is 0. The van der Waals surface area contributed by atoms with Gasteiger partial charge in [0.2, 0.25) is 11.8 Å². The van der Waals surface area contributed by atoms with E-state index in [9.17, 15) is 8.42 Å². The van der Waals surface area contributed by atoms with E-state index < -0.39 is 16.1 Å². The molecule has 0 fully saturated rings. The zero-order chi connectivity index (χ0) is 23.7. The fraction of sp³-hybridized carbons (Fsp3) is 0.160. The van der Waals surface area contributed by atoms with Crippen molar-refractivity contribution in [2.75, 3.05) is 16.6 Å². The second-order valence-electron chi connectivity index (χ2n) is 8.06. The highest BCUT2D eigenvalue weighted by Crippen LogP contribution is 2.31. The molecule has 0 saturated carbocycles. The van der Waals surface area contributed by atoms with Gasteiger partial charge < -0.3 is 10.1 Å². The predicted molar refractivity (Wildman–Crippen MR) is 130 cm³/mol. The van der Waals surface area contributed by atoms with Crippen molar-refractivity contribution in [1.82, 2.24) is 15.0 Å². The van der Waals surface area contributed by atoms with Gasteiger partial charge in [0, 0.05) is 23.5 Å². The van der Waals surface area contributed by atoms with Crippen LogP contribution in [0.1, 0.15) is 22.9 Å². The first kappa shape index (κ1) is 21.8. The first-order chi connectivity index (χ1) is 16.4.